The molecular formula is C14H15ClN2O2. The fourth-order valence-corrected chi connectivity index (χ4v) is 2.15. The monoisotopic (exact) mass is 278 g/mol. The lowest BCUT2D eigenvalue weighted by molar-refractivity contribution is -0.141. The van der Waals surface area contributed by atoms with Gasteiger partial charge in [-0.3, -0.25) is 4.79 Å². The molecule has 2 aliphatic rings. The van der Waals surface area contributed by atoms with Gasteiger partial charge in [0.05, 0.1) is 5.71 Å². The average Bonchev–Trinajstić information content (AvgIpc) is 3.11. The molecular weight excluding hydrogens is 264 g/mol. The normalized spacial score (nSPS) is 25.7. The average molecular weight is 279 g/mol. The largest absolute Gasteiger partial charge is 0.379 e. The first kappa shape index (κ1) is 12.5. The summed E-state index contributed by atoms with van der Waals surface area (Å²) in [5.41, 5.74) is 0.829. The molecule has 1 aromatic carbocycles. The van der Waals surface area contributed by atoms with E-state index >= 15 is 0 Å². The van der Waals surface area contributed by atoms with Crippen LogP contribution in [0.4, 0.5) is 0 Å². The predicted octanol–water partition coefficient (Wildman–Crippen LogP) is 2.50. The van der Waals surface area contributed by atoms with Gasteiger partial charge in [0.25, 0.3) is 5.91 Å². The van der Waals surface area contributed by atoms with Crippen molar-refractivity contribution < 1.29 is 9.63 Å². The zero-order chi connectivity index (χ0) is 13.5. The summed E-state index contributed by atoms with van der Waals surface area (Å²) in [6, 6.07) is 7.70. The van der Waals surface area contributed by atoms with Crippen molar-refractivity contribution >= 4 is 23.2 Å². The number of hydrogen-bond acceptors (Lipinski definition) is 3. The predicted molar refractivity (Wildman–Crippen MR) is 73.3 cm³/mol. The van der Waals surface area contributed by atoms with Crippen LogP contribution in [0.2, 0.25) is 5.02 Å². The molecule has 100 valence electrons. The number of carbonyl (C=O) groups excluding carboxylic acids is 1. The standard InChI is InChI=1S/C14H15ClN2O2/c1-14(13(18)16-11-6-7-11)8-12(17-19-14)9-2-4-10(15)5-3-9/h2-5,11H,6-8H2,1H3,(H,16,18). The Balaban J connectivity index is 1.70. The van der Waals surface area contributed by atoms with Gasteiger partial charge >= 0.3 is 0 Å². The first-order chi connectivity index (χ1) is 9.07. The van der Waals surface area contributed by atoms with Crippen molar-refractivity contribution in [2.24, 2.45) is 5.16 Å². The van der Waals surface area contributed by atoms with E-state index in [4.69, 9.17) is 16.4 Å². The van der Waals surface area contributed by atoms with Gasteiger partial charge in [0.15, 0.2) is 0 Å². The van der Waals surface area contributed by atoms with Gasteiger partial charge in [-0.1, -0.05) is 28.9 Å². The van der Waals surface area contributed by atoms with E-state index in [-0.39, 0.29) is 5.91 Å². The third-order valence-corrected chi connectivity index (χ3v) is 3.68. The number of benzene rings is 1. The molecule has 0 saturated heterocycles. The van der Waals surface area contributed by atoms with E-state index in [2.05, 4.69) is 10.5 Å². The molecule has 1 aromatic rings. The number of hydrogen-bond donors (Lipinski definition) is 1. The first-order valence-electron chi connectivity index (χ1n) is 6.39. The summed E-state index contributed by atoms with van der Waals surface area (Å²) >= 11 is 5.85. The summed E-state index contributed by atoms with van der Waals surface area (Å²) in [6.07, 6.45) is 2.60. The SMILES string of the molecule is CC1(C(=O)NC2CC2)CC(c2ccc(Cl)cc2)=NO1. The second-order valence-corrected chi connectivity index (χ2v) is 5.73. The minimum absolute atomic E-state index is 0.0808. The molecule has 5 heteroatoms. The van der Waals surface area contributed by atoms with Crippen LogP contribution >= 0.6 is 11.6 Å². The van der Waals surface area contributed by atoms with E-state index < -0.39 is 5.60 Å². The summed E-state index contributed by atoms with van der Waals surface area (Å²) < 4.78 is 0. The van der Waals surface area contributed by atoms with Gasteiger partial charge in [0, 0.05) is 17.5 Å². The summed E-state index contributed by atoms with van der Waals surface area (Å²) in [7, 11) is 0. The number of halogens is 1. The highest BCUT2D eigenvalue weighted by molar-refractivity contribution is 6.30. The maximum absolute atomic E-state index is 12.1. The Hall–Kier alpha value is -1.55. The molecule has 19 heavy (non-hydrogen) atoms. The van der Waals surface area contributed by atoms with Crippen LogP contribution in [-0.2, 0) is 9.63 Å². The molecule has 1 fully saturated rings. The summed E-state index contributed by atoms with van der Waals surface area (Å²) in [5, 5.41) is 7.69. The van der Waals surface area contributed by atoms with Crippen molar-refractivity contribution in [1.29, 1.82) is 0 Å². The van der Waals surface area contributed by atoms with Crippen molar-refractivity contribution in [3.05, 3.63) is 34.9 Å². The van der Waals surface area contributed by atoms with Gasteiger partial charge in [-0.15, -0.1) is 0 Å². The molecule has 3 rings (SSSR count). The molecule has 1 unspecified atom stereocenters. The van der Waals surface area contributed by atoms with Gasteiger partial charge in [0.1, 0.15) is 0 Å². The maximum Gasteiger partial charge on any atom is 0.267 e. The Bertz CT molecular complexity index is 537. The molecule has 1 N–H and O–H groups in total. The van der Waals surface area contributed by atoms with Crippen molar-refractivity contribution in [2.45, 2.75) is 37.8 Å². The maximum atomic E-state index is 12.1. The summed E-state index contributed by atoms with van der Waals surface area (Å²) in [4.78, 5) is 17.5. The number of nitrogens with zero attached hydrogens (tertiary/aromatic N) is 1. The fourth-order valence-electron chi connectivity index (χ4n) is 2.02. The summed E-state index contributed by atoms with van der Waals surface area (Å²) in [5.74, 6) is -0.0808. The molecule has 1 amide bonds. The molecule has 1 heterocycles. The Labute approximate surface area is 116 Å². The van der Waals surface area contributed by atoms with Gasteiger partial charge in [-0.2, -0.15) is 0 Å². The fraction of sp³-hybridized carbons (Fsp3) is 0.429. The third kappa shape index (κ3) is 2.59. The lowest BCUT2D eigenvalue weighted by atomic mass is 9.95. The van der Waals surface area contributed by atoms with E-state index in [1.165, 1.54) is 0 Å². The van der Waals surface area contributed by atoms with Crippen LogP contribution in [0.25, 0.3) is 0 Å². The highest BCUT2D eigenvalue weighted by atomic mass is 35.5. The van der Waals surface area contributed by atoms with Crippen molar-refractivity contribution in [2.75, 3.05) is 0 Å². The Morgan fingerprint density at radius 3 is 2.74 bits per heavy atom. The van der Waals surface area contributed by atoms with Gasteiger partial charge < -0.3 is 10.2 Å². The lowest BCUT2D eigenvalue weighted by Crippen LogP contribution is -2.45. The molecule has 0 aromatic heterocycles. The molecule has 1 atom stereocenters. The topological polar surface area (TPSA) is 50.7 Å². The van der Waals surface area contributed by atoms with Gasteiger partial charge in [-0.05, 0) is 37.5 Å². The Kier molecular flexibility index (Phi) is 2.97. The van der Waals surface area contributed by atoms with Gasteiger partial charge in [-0.25, -0.2) is 0 Å². The quantitative estimate of drug-likeness (QED) is 0.923. The van der Waals surface area contributed by atoms with E-state index in [9.17, 15) is 4.79 Å². The first-order valence-corrected chi connectivity index (χ1v) is 6.77. The van der Waals surface area contributed by atoms with Crippen LogP contribution in [0, 0.1) is 0 Å². The van der Waals surface area contributed by atoms with Crippen molar-refractivity contribution in [1.82, 2.24) is 5.32 Å². The highest BCUT2D eigenvalue weighted by Gasteiger charge is 2.43. The Morgan fingerprint density at radius 2 is 2.11 bits per heavy atom. The molecule has 1 aliphatic carbocycles. The van der Waals surface area contributed by atoms with Crippen LogP contribution in [-0.4, -0.2) is 23.3 Å². The van der Waals surface area contributed by atoms with Crippen molar-refractivity contribution in [3.8, 4) is 0 Å². The number of rotatable bonds is 3. The van der Waals surface area contributed by atoms with E-state index in [0.717, 1.165) is 24.1 Å². The van der Waals surface area contributed by atoms with Gasteiger partial charge in [0.2, 0.25) is 5.60 Å². The van der Waals surface area contributed by atoms with Crippen LogP contribution in [0.15, 0.2) is 29.4 Å². The number of oxime groups is 1. The second kappa shape index (κ2) is 4.53. The molecule has 1 aliphatic heterocycles. The zero-order valence-electron chi connectivity index (χ0n) is 10.6. The number of nitrogens with one attached hydrogen (secondary N) is 1. The number of amides is 1. The van der Waals surface area contributed by atoms with E-state index in [1.54, 1.807) is 19.1 Å². The summed E-state index contributed by atoms with van der Waals surface area (Å²) in [6.45, 7) is 1.77. The van der Waals surface area contributed by atoms with Crippen LogP contribution in [0.1, 0.15) is 31.7 Å². The Morgan fingerprint density at radius 1 is 1.42 bits per heavy atom. The minimum atomic E-state index is -0.891. The minimum Gasteiger partial charge on any atom is -0.379 e. The molecule has 0 radical (unpaired) electrons. The smallest absolute Gasteiger partial charge is 0.267 e. The highest BCUT2D eigenvalue weighted by Crippen LogP contribution is 2.29. The molecule has 0 spiro atoms. The number of carbonyl (C=O) groups is 1. The van der Waals surface area contributed by atoms with Crippen molar-refractivity contribution in [3.63, 3.8) is 0 Å². The lowest BCUT2D eigenvalue weighted by Gasteiger charge is -2.20. The third-order valence-electron chi connectivity index (χ3n) is 3.43. The van der Waals surface area contributed by atoms with E-state index in [1.807, 2.05) is 12.1 Å². The van der Waals surface area contributed by atoms with Crippen LogP contribution < -0.4 is 5.32 Å². The second-order valence-electron chi connectivity index (χ2n) is 5.29. The molecule has 1 saturated carbocycles. The zero-order valence-corrected chi connectivity index (χ0v) is 11.4. The van der Waals surface area contributed by atoms with Crippen LogP contribution in [0.5, 0.6) is 0 Å². The molecule has 0 bridgehead atoms. The van der Waals surface area contributed by atoms with Crippen LogP contribution in [0.3, 0.4) is 0 Å². The molecule has 4 nitrogen and oxygen atoms in total. The van der Waals surface area contributed by atoms with E-state index in [0.29, 0.717) is 17.5 Å².